The highest BCUT2D eigenvalue weighted by Crippen LogP contribution is 2.47. The molecular formula is C30H32FNO5S. The van der Waals surface area contributed by atoms with E-state index in [4.69, 9.17) is 9.47 Å². The Morgan fingerprint density at radius 1 is 1.08 bits per heavy atom. The zero-order valence-electron chi connectivity index (χ0n) is 21.6. The van der Waals surface area contributed by atoms with Crippen molar-refractivity contribution in [1.29, 1.82) is 0 Å². The molecule has 8 heteroatoms. The highest BCUT2D eigenvalue weighted by molar-refractivity contribution is 7.90. The van der Waals surface area contributed by atoms with Crippen LogP contribution in [0.4, 0.5) is 4.39 Å². The van der Waals surface area contributed by atoms with E-state index in [2.05, 4.69) is 4.90 Å². The minimum absolute atomic E-state index is 0.146. The zero-order valence-corrected chi connectivity index (χ0v) is 22.4. The minimum Gasteiger partial charge on any atom is -0.508 e. The smallest absolute Gasteiger partial charge is 0.175 e. The van der Waals surface area contributed by atoms with Crippen molar-refractivity contribution in [2.75, 3.05) is 39.2 Å². The van der Waals surface area contributed by atoms with E-state index in [0.29, 0.717) is 12.4 Å². The van der Waals surface area contributed by atoms with Gasteiger partial charge in [-0.25, -0.2) is 8.42 Å². The number of alkyl halides is 1. The minimum atomic E-state index is -3.32. The highest BCUT2D eigenvalue weighted by atomic mass is 32.2. The number of phenols is 1. The average molecular weight is 538 g/mol. The van der Waals surface area contributed by atoms with Gasteiger partial charge in [0.15, 0.2) is 9.84 Å². The summed E-state index contributed by atoms with van der Waals surface area (Å²) in [7, 11) is -3.32. The molecule has 3 aromatic rings. The van der Waals surface area contributed by atoms with Crippen LogP contribution in [0.5, 0.6) is 17.2 Å². The number of hydrogen-bond donors (Lipinski definition) is 1. The van der Waals surface area contributed by atoms with E-state index >= 15 is 0 Å². The number of phenolic OH excluding ortho intramolecular Hbond substituents is 1. The summed E-state index contributed by atoms with van der Waals surface area (Å²) in [5.74, 6) is 1.70. The predicted molar refractivity (Wildman–Crippen MR) is 146 cm³/mol. The molecular weight excluding hydrogens is 505 g/mol. The molecule has 0 aliphatic carbocycles. The SMILES string of the molecule is CC1=C(c2ccc(S(C)(=O)=O)cc2)C(c2ccc(OCCN3CC[C@@H](CF)C3)cc2)Oc2ccc(O)cc21. The summed E-state index contributed by atoms with van der Waals surface area (Å²) in [5, 5.41) is 10.1. The molecule has 1 fully saturated rings. The first-order valence-electron chi connectivity index (χ1n) is 12.8. The molecule has 1 unspecified atom stereocenters. The van der Waals surface area contributed by atoms with E-state index in [1.165, 1.54) is 6.26 Å². The van der Waals surface area contributed by atoms with Crippen molar-refractivity contribution in [1.82, 2.24) is 4.90 Å². The van der Waals surface area contributed by atoms with Crippen LogP contribution in [-0.2, 0) is 9.84 Å². The second-order valence-corrected chi connectivity index (χ2v) is 12.1. The van der Waals surface area contributed by atoms with Crippen LogP contribution in [-0.4, -0.2) is 57.6 Å². The topological polar surface area (TPSA) is 76.1 Å². The summed E-state index contributed by atoms with van der Waals surface area (Å²) in [5.41, 5.74) is 4.39. The van der Waals surface area contributed by atoms with Crippen molar-refractivity contribution >= 4 is 21.0 Å². The fourth-order valence-corrected chi connectivity index (χ4v) is 5.83. The molecule has 0 aromatic heterocycles. The highest BCUT2D eigenvalue weighted by Gasteiger charge is 2.30. The van der Waals surface area contributed by atoms with Crippen molar-refractivity contribution in [3.63, 3.8) is 0 Å². The molecule has 0 amide bonds. The van der Waals surface area contributed by atoms with Crippen LogP contribution in [0.25, 0.3) is 11.1 Å². The first-order valence-corrected chi connectivity index (χ1v) is 14.6. The Hall–Kier alpha value is -3.36. The third kappa shape index (κ3) is 5.56. The number of nitrogens with zero attached hydrogens (tertiary/aromatic N) is 1. The number of halogens is 1. The van der Waals surface area contributed by atoms with E-state index < -0.39 is 15.9 Å². The number of benzene rings is 3. The lowest BCUT2D eigenvalue weighted by atomic mass is 9.86. The number of aromatic hydroxyl groups is 1. The predicted octanol–water partition coefficient (Wildman–Crippen LogP) is 5.53. The fraction of sp³-hybridized carbons (Fsp3) is 0.333. The molecule has 1 saturated heterocycles. The number of likely N-dealkylation sites (tertiary alicyclic amines) is 1. The van der Waals surface area contributed by atoms with Gasteiger partial charge in [0.2, 0.25) is 0 Å². The Morgan fingerprint density at radius 3 is 2.47 bits per heavy atom. The zero-order chi connectivity index (χ0) is 26.9. The van der Waals surface area contributed by atoms with Gasteiger partial charge in [-0.05, 0) is 79.1 Å². The third-order valence-corrected chi connectivity index (χ3v) is 8.45. The van der Waals surface area contributed by atoms with Gasteiger partial charge >= 0.3 is 0 Å². The first kappa shape index (κ1) is 26.3. The number of fused-ring (bicyclic) bond motifs is 1. The van der Waals surface area contributed by atoms with Gasteiger partial charge in [-0.2, -0.15) is 0 Å². The van der Waals surface area contributed by atoms with Gasteiger partial charge in [0.1, 0.15) is 30.0 Å². The maximum absolute atomic E-state index is 12.9. The number of ether oxygens (including phenoxy) is 2. The normalized spacial score (nSPS) is 19.8. The molecule has 0 saturated carbocycles. The van der Waals surface area contributed by atoms with E-state index in [1.54, 1.807) is 42.5 Å². The first-order chi connectivity index (χ1) is 18.2. The van der Waals surface area contributed by atoms with Crippen LogP contribution >= 0.6 is 0 Å². The summed E-state index contributed by atoms with van der Waals surface area (Å²) in [6.45, 7) is 4.73. The van der Waals surface area contributed by atoms with Crippen LogP contribution in [0, 0.1) is 5.92 Å². The van der Waals surface area contributed by atoms with Gasteiger partial charge in [-0.15, -0.1) is 0 Å². The van der Waals surface area contributed by atoms with Crippen LogP contribution in [0.3, 0.4) is 0 Å². The summed E-state index contributed by atoms with van der Waals surface area (Å²) >= 11 is 0. The second-order valence-electron chi connectivity index (χ2n) is 10.0. The standard InChI is InChI=1S/C30H32FNO5S/c1-20-27-17-24(33)7-12-28(27)37-30(29(20)22-5-10-26(11-6-22)38(2,34)35)23-3-8-25(9-4-23)36-16-15-32-14-13-21(18-31)19-32/h3-12,17,21,30,33H,13-16,18-19H2,1-2H3/t21-,30?/m0/s1. The Labute approximate surface area is 223 Å². The lowest BCUT2D eigenvalue weighted by Crippen LogP contribution is -2.26. The number of sulfone groups is 1. The van der Waals surface area contributed by atoms with E-state index in [0.717, 1.165) is 59.6 Å². The van der Waals surface area contributed by atoms with Crippen LogP contribution < -0.4 is 9.47 Å². The van der Waals surface area contributed by atoms with Gasteiger partial charge < -0.3 is 14.6 Å². The lowest BCUT2D eigenvalue weighted by Gasteiger charge is -2.31. The molecule has 0 bridgehead atoms. The van der Waals surface area contributed by atoms with Gasteiger partial charge in [0.25, 0.3) is 0 Å². The number of hydrogen-bond acceptors (Lipinski definition) is 6. The summed E-state index contributed by atoms with van der Waals surface area (Å²) < 4.78 is 49.2. The Kier molecular flexibility index (Phi) is 7.45. The van der Waals surface area contributed by atoms with E-state index in [1.807, 2.05) is 31.2 Å². The average Bonchev–Trinajstić information content (AvgIpc) is 3.37. The molecule has 0 spiro atoms. The van der Waals surface area contributed by atoms with Gasteiger partial charge in [0.05, 0.1) is 11.6 Å². The molecule has 2 heterocycles. The molecule has 3 aromatic carbocycles. The van der Waals surface area contributed by atoms with Gasteiger partial charge in [-0.3, -0.25) is 9.29 Å². The van der Waals surface area contributed by atoms with Crippen molar-refractivity contribution in [3.8, 4) is 17.2 Å². The van der Waals surface area contributed by atoms with Crippen LogP contribution in [0.2, 0.25) is 0 Å². The maximum Gasteiger partial charge on any atom is 0.175 e. The number of allylic oxidation sites excluding steroid dienone is 1. The van der Waals surface area contributed by atoms with E-state index in [-0.39, 0.29) is 23.2 Å². The molecule has 2 atom stereocenters. The molecule has 6 nitrogen and oxygen atoms in total. The molecule has 2 aliphatic heterocycles. The Bertz CT molecular complexity index is 1430. The van der Waals surface area contributed by atoms with Crippen molar-refractivity contribution in [3.05, 3.63) is 83.4 Å². The van der Waals surface area contributed by atoms with Gasteiger partial charge in [0, 0.05) is 36.4 Å². The van der Waals surface area contributed by atoms with Crippen LogP contribution in [0.15, 0.2) is 71.6 Å². The molecule has 0 radical (unpaired) electrons. The summed E-state index contributed by atoms with van der Waals surface area (Å²) in [4.78, 5) is 2.49. The molecule has 5 rings (SSSR count). The third-order valence-electron chi connectivity index (χ3n) is 7.32. The number of rotatable bonds is 8. The fourth-order valence-electron chi connectivity index (χ4n) is 5.20. The Balaban J connectivity index is 1.39. The van der Waals surface area contributed by atoms with Crippen molar-refractivity contribution in [2.24, 2.45) is 5.92 Å². The van der Waals surface area contributed by atoms with Crippen LogP contribution in [0.1, 0.15) is 36.1 Å². The van der Waals surface area contributed by atoms with Crippen molar-refractivity contribution in [2.45, 2.75) is 24.3 Å². The molecule has 1 N–H and O–H groups in total. The van der Waals surface area contributed by atoms with Gasteiger partial charge in [-0.1, -0.05) is 24.3 Å². The van der Waals surface area contributed by atoms with Crippen molar-refractivity contribution < 1.29 is 27.4 Å². The maximum atomic E-state index is 12.9. The molecule has 200 valence electrons. The second kappa shape index (κ2) is 10.8. The molecule has 2 aliphatic rings. The quantitative estimate of drug-likeness (QED) is 0.407. The molecule has 38 heavy (non-hydrogen) atoms. The summed E-state index contributed by atoms with van der Waals surface area (Å²) in [6.07, 6.45) is 1.65. The van der Waals surface area contributed by atoms with E-state index in [9.17, 15) is 17.9 Å². The summed E-state index contributed by atoms with van der Waals surface area (Å²) in [6, 6.07) is 19.6. The largest absolute Gasteiger partial charge is 0.508 e. The monoisotopic (exact) mass is 537 g/mol. The lowest BCUT2D eigenvalue weighted by molar-refractivity contribution is 0.228. The Morgan fingerprint density at radius 2 is 1.82 bits per heavy atom.